The van der Waals surface area contributed by atoms with Crippen LogP contribution in [0.4, 0.5) is 0 Å². The van der Waals surface area contributed by atoms with Crippen molar-refractivity contribution in [3.8, 4) is 0 Å². The molecule has 0 heterocycles. The van der Waals surface area contributed by atoms with Crippen molar-refractivity contribution in [1.82, 2.24) is 0 Å². The summed E-state index contributed by atoms with van der Waals surface area (Å²) in [4.78, 5) is 0. The SMILES string of the molecule is CC(CN)S(=O)CCS(C)(=O)=O. The first-order chi connectivity index (χ1) is 5.37. The van der Waals surface area contributed by atoms with Gasteiger partial charge in [-0.05, 0) is 6.92 Å². The van der Waals surface area contributed by atoms with Gasteiger partial charge in [0.15, 0.2) is 0 Å². The van der Waals surface area contributed by atoms with E-state index in [-0.39, 0.29) is 16.8 Å². The first-order valence-corrected chi connectivity index (χ1v) is 7.06. The Hall–Kier alpha value is 0.0600. The average molecular weight is 213 g/mol. The van der Waals surface area contributed by atoms with Crippen LogP contribution in [0.3, 0.4) is 0 Å². The summed E-state index contributed by atoms with van der Waals surface area (Å²) in [6.07, 6.45) is 1.14. The molecule has 0 rings (SSSR count). The molecule has 0 aromatic heterocycles. The van der Waals surface area contributed by atoms with E-state index in [2.05, 4.69) is 0 Å². The van der Waals surface area contributed by atoms with Crippen molar-refractivity contribution in [3.05, 3.63) is 0 Å². The van der Waals surface area contributed by atoms with Crippen molar-refractivity contribution in [2.75, 3.05) is 24.3 Å². The first kappa shape index (κ1) is 12.1. The summed E-state index contributed by atoms with van der Waals surface area (Å²) in [7, 11) is -4.11. The Balaban J connectivity index is 3.88. The van der Waals surface area contributed by atoms with E-state index in [1.54, 1.807) is 6.92 Å². The maximum absolute atomic E-state index is 11.2. The van der Waals surface area contributed by atoms with Gasteiger partial charge in [-0.1, -0.05) is 0 Å². The van der Waals surface area contributed by atoms with Crippen molar-refractivity contribution in [1.29, 1.82) is 0 Å². The fraction of sp³-hybridized carbons (Fsp3) is 1.00. The Labute approximate surface area is 75.9 Å². The van der Waals surface area contributed by atoms with Crippen LogP contribution in [0.5, 0.6) is 0 Å². The largest absolute Gasteiger partial charge is 0.329 e. The predicted molar refractivity (Wildman–Crippen MR) is 51.2 cm³/mol. The minimum absolute atomic E-state index is 0.0239. The lowest BCUT2D eigenvalue weighted by Gasteiger charge is -2.06. The molecule has 6 heteroatoms. The number of rotatable bonds is 5. The molecule has 2 N–H and O–H groups in total. The van der Waals surface area contributed by atoms with E-state index in [1.165, 1.54) is 0 Å². The molecule has 2 unspecified atom stereocenters. The van der Waals surface area contributed by atoms with E-state index in [1.807, 2.05) is 0 Å². The summed E-state index contributed by atoms with van der Waals surface area (Å²) in [5.74, 6) is 0.168. The highest BCUT2D eigenvalue weighted by atomic mass is 32.2. The van der Waals surface area contributed by atoms with E-state index in [0.717, 1.165) is 6.26 Å². The molecule has 0 bridgehead atoms. The number of sulfone groups is 1. The molecular formula is C6H15NO3S2. The van der Waals surface area contributed by atoms with Crippen molar-refractivity contribution in [3.63, 3.8) is 0 Å². The molecule has 0 aliphatic heterocycles. The van der Waals surface area contributed by atoms with Crippen molar-refractivity contribution in [2.45, 2.75) is 12.2 Å². The Bertz CT molecular complexity index is 248. The third kappa shape index (κ3) is 5.68. The molecular weight excluding hydrogens is 198 g/mol. The second-order valence-corrected chi connectivity index (χ2v) is 7.00. The first-order valence-electron chi connectivity index (χ1n) is 3.62. The van der Waals surface area contributed by atoms with Gasteiger partial charge in [-0.3, -0.25) is 4.21 Å². The van der Waals surface area contributed by atoms with Gasteiger partial charge >= 0.3 is 0 Å². The van der Waals surface area contributed by atoms with E-state index in [4.69, 9.17) is 5.73 Å². The van der Waals surface area contributed by atoms with E-state index in [0.29, 0.717) is 6.54 Å². The molecule has 12 heavy (non-hydrogen) atoms. The molecule has 0 aromatic carbocycles. The van der Waals surface area contributed by atoms with Gasteiger partial charge in [0.25, 0.3) is 0 Å². The maximum Gasteiger partial charge on any atom is 0.148 e. The van der Waals surface area contributed by atoms with Crippen molar-refractivity contribution in [2.24, 2.45) is 5.73 Å². The molecule has 4 nitrogen and oxygen atoms in total. The minimum Gasteiger partial charge on any atom is -0.329 e. The molecule has 0 aliphatic carbocycles. The Kier molecular flexibility index (Phi) is 4.96. The monoisotopic (exact) mass is 213 g/mol. The molecule has 0 radical (unpaired) electrons. The zero-order chi connectivity index (χ0) is 9.78. The molecule has 0 fully saturated rings. The van der Waals surface area contributed by atoms with Crippen LogP contribution in [0.1, 0.15) is 6.92 Å². The summed E-state index contributed by atoms with van der Waals surface area (Å²) in [5, 5.41) is -0.119. The predicted octanol–water partition coefficient (Wildman–Crippen LogP) is -0.873. The second kappa shape index (κ2) is 4.94. The fourth-order valence-corrected chi connectivity index (χ4v) is 3.03. The second-order valence-electron chi connectivity index (χ2n) is 2.76. The third-order valence-electron chi connectivity index (χ3n) is 1.44. The van der Waals surface area contributed by atoms with Gasteiger partial charge in [-0.2, -0.15) is 0 Å². The summed E-state index contributed by atoms with van der Waals surface area (Å²) >= 11 is 0. The average Bonchev–Trinajstić information content (AvgIpc) is 1.97. The van der Waals surface area contributed by atoms with Crippen LogP contribution in [0.15, 0.2) is 0 Å². The molecule has 0 aliphatic rings. The molecule has 0 amide bonds. The standard InChI is InChI=1S/C6H15NO3S2/c1-6(5-7)11(8)3-4-12(2,9)10/h6H,3-5,7H2,1-2H3. The Morgan fingerprint density at radius 3 is 2.33 bits per heavy atom. The van der Waals surface area contributed by atoms with E-state index < -0.39 is 20.6 Å². The van der Waals surface area contributed by atoms with Crippen LogP contribution >= 0.6 is 0 Å². The highest BCUT2D eigenvalue weighted by molar-refractivity contribution is 7.92. The van der Waals surface area contributed by atoms with Crippen LogP contribution in [-0.2, 0) is 20.6 Å². The number of hydrogen-bond donors (Lipinski definition) is 1. The quantitative estimate of drug-likeness (QED) is 0.644. The molecule has 0 saturated heterocycles. The maximum atomic E-state index is 11.2. The minimum atomic E-state index is -2.99. The highest BCUT2D eigenvalue weighted by Crippen LogP contribution is 1.95. The molecule has 0 spiro atoms. The van der Waals surface area contributed by atoms with Crippen LogP contribution in [-0.4, -0.2) is 42.2 Å². The van der Waals surface area contributed by atoms with Gasteiger partial charge in [-0.15, -0.1) is 0 Å². The smallest absolute Gasteiger partial charge is 0.148 e. The summed E-state index contributed by atoms with van der Waals surface area (Å²) in [6.45, 7) is 2.08. The third-order valence-corrected chi connectivity index (χ3v) is 4.34. The Morgan fingerprint density at radius 2 is 2.00 bits per heavy atom. The van der Waals surface area contributed by atoms with Crippen molar-refractivity contribution < 1.29 is 12.6 Å². The van der Waals surface area contributed by atoms with E-state index >= 15 is 0 Å². The topological polar surface area (TPSA) is 77.2 Å². The summed E-state index contributed by atoms with van der Waals surface area (Å²) < 4.78 is 32.5. The normalized spacial score (nSPS) is 17.2. The van der Waals surface area contributed by atoms with Crippen LogP contribution in [0, 0.1) is 0 Å². The van der Waals surface area contributed by atoms with Gasteiger partial charge in [0.05, 0.1) is 5.75 Å². The lowest BCUT2D eigenvalue weighted by molar-refractivity contribution is 0.602. The molecule has 2 atom stereocenters. The lowest BCUT2D eigenvalue weighted by atomic mass is 10.5. The van der Waals surface area contributed by atoms with Gasteiger partial charge in [-0.25, -0.2) is 8.42 Å². The molecule has 0 aromatic rings. The van der Waals surface area contributed by atoms with Crippen LogP contribution < -0.4 is 5.73 Å². The van der Waals surface area contributed by atoms with Gasteiger partial charge < -0.3 is 5.73 Å². The number of nitrogens with two attached hydrogens (primary N) is 1. The number of hydrogen-bond acceptors (Lipinski definition) is 4. The van der Waals surface area contributed by atoms with E-state index in [9.17, 15) is 12.6 Å². The highest BCUT2D eigenvalue weighted by Gasteiger charge is 2.11. The van der Waals surface area contributed by atoms with Gasteiger partial charge in [0.1, 0.15) is 9.84 Å². The summed E-state index contributed by atoms with van der Waals surface area (Å²) in [6, 6.07) is 0. The lowest BCUT2D eigenvalue weighted by Crippen LogP contribution is -2.26. The molecule has 74 valence electrons. The van der Waals surface area contributed by atoms with Gasteiger partial charge in [0, 0.05) is 34.6 Å². The molecule has 0 saturated carbocycles. The summed E-state index contributed by atoms with van der Waals surface area (Å²) in [5.41, 5.74) is 5.27. The zero-order valence-corrected chi connectivity index (χ0v) is 8.95. The van der Waals surface area contributed by atoms with Crippen LogP contribution in [0.2, 0.25) is 0 Å². The fourth-order valence-electron chi connectivity index (χ4n) is 0.542. The van der Waals surface area contributed by atoms with Crippen molar-refractivity contribution >= 4 is 20.6 Å². The van der Waals surface area contributed by atoms with Gasteiger partial charge in [0.2, 0.25) is 0 Å². The Morgan fingerprint density at radius 1 is 1.50 bits per heavy atom. The zero-order valence-electron chi connectivity index (χ0n) is 7.32. The van der Waals surface area contributed by atoms with Crippen LogP contribution in [0.25, 0.3) is 0 Å².